The fourth-order valence-electron chi connectivity index (χ4n) is 5.46. The number of hydrogen-bond acceptors (Lipinski definition) is 9. The third-order valence-electron chi connectivity index (χ3n) is 7.01. The summed E-state index contributed by atoms with van der Waals surface area (Å²) in [6.07, 6.45) is 4.50. The highest BCUT2D eigenvalue weighted by Gasteiger charge is 2.62. The lowest BCUT2D eigenvalue weighted by Gasteiger charge is -2.49. The highest BCUT2D eigenvalue weighted by atomic mass is 31.2. The normalized spacial score (nSPS) is 42.1. The van der Waals surface area contributed by atoms with E-state index >= 15 is 0 Å². The van der Waals surface area contributed by atoms with Crippen molar-refractivity contribution in [3.63, 3.8) is 0 Å². The first-order valence-corrected chi connectivity index (χ1v) is 12.9. The smallest absolute Gasteiger partial charge is 0.475 e. The summed E-state index contributed by atoms with van der Waals surface area (Å²) in [5, 5.41) is 24.3. The SMILES string of the molecule is CCCCCCCOP1(=O)O[C@@H]2[C@H](O1)[C@@H](O)CC1[C@@H]3C=C4OCOC4=C(O)C3C(=O)N[C@H]12. The van der Waals surface area contributed by atoms with Crippen LogP contribution in [0.5, 0.6) is 0 Å². The van der Waals surface area contributed by atoms with E-state index in [-0.39, 0.29) is 43.2 Å². The number of unbranched alkanes of at least 4 members (excludes halogenated alkanes) is 4. The number of fused-ring (bicyclic) bond motifs is 6. The summed E-state index contributed by atoms with van der Waals surface area (Å²) in [5.74, 6) is -1.51. The number of phosphoric acid groups is 1. The number of ether oxygens (including phenoxy) is 2. The Balaban J connectivity index is 1.30. The molecule has 0 aromatic heterocycles. The van der Waals surface area contributed by atoms with Gasteiger partial charge in [-0.3, -0.25) is 18.4 Å². The lowest BCUT2D eigenvalue weighted by atomic mass is 9.64. The number of piperidine rings is 1. The zero-order valence-electron chi connectivity index (χ0n) is 18.0. The molecule has 0 radical (unpaired) electrons. The van der Waals surface area contributed by atoms with Gasteiger partial charge in [0, 0.05) is 5.92 Å². The fourth-order valence-corrected chi connectivity index (χ4v) is 7.10. The molecule has 178 valence electrons. The van der Waals surface area contributed by atoms with Gasteiger partial charge in [0.25, 0.3) is 0 Å². The van der Waals surface area contributed by atoms with Crippen molar-refractivity contribution < 1.29 is 42.6 Å². The maximum absolute atomic E-state index is 13.1. The largest absolute Gasteiger partial charge is 0.507 e. The van der Waals surface area contributed by atoms with E-state index < -0.39 is 44.0 Å². The Labute approximate surface area is 186 Å². The molecule has 3 heterocycles. The molecule has 1 saturated carbocycles. The van der Waals surface area contributed by atoms with Gasteiger partial charge in [-0.2, -0.15) is 0 Å². The van der Waals surface area contributed by atoms with Crippen molar-refractivity contribution in [2.75, 3.05) is 13.4 Å². The van der Waals surface area contributed by atoms with Crippen LogP contribution in [0.1, 0.15) is 45.4 Å². The van der Waals surface area contributed by atoms with Crippen LogP contribution in [0.15, 0.2) is 23.4 Å². The zero-order chi connectivity index (χ0) is 22.5. The first-order chi connectivity index (χ1) is 15.4. The van der Waals surface area contributed by atoms with Crippen LogP contribution in [0.25, 0.3) is 0 Å². The first-order valence-electron chi connectivity index (χ1n) is 11.4. The average molecular weight is 471 g/mol. The van der Waals surface area contributed by atoms with Gasteiger partial charge in [-0.25, -0.2) is 4.57 Å². The Bertz CT molecular complexity index is 873. The molecule has 4 fully saturated rings. The van der Waals surface area contributed by atoms with Gasteiger partial charge in [-0.15, -0.1) is 0 Å². The second kappa shape index (κ2) is 8.65. The number of rotatable bonds is 7. The van der Waals surface area contributed by atoms with E-state index in [0.717, 1.165) is 32.1 Å². The van der Waals surface area contributed by atoms with Crippen molar-refractivity contribution in [2.45, 2.75) is 69.8 Å². The number of aliphatic hydroxyl groups excluding tert-OH is 2. The molecule has 0 bridgehead atoms. The average Bonchev–Trinajstić information content (AvgIpc) is 3.37. The highest BCUT2D eigenvalue weighted by molar-refractivity contribution is 7.48. The van der Waals surface area contributed by atoms with Gasteiger partial charge in [0.15, 0.2) is 11.5 Å². The van der Waals surface area contributed by atoms with Crippen molar-refractivity contribution in [2.24, 2.45) is 17.8 Å². The molecule has 0 spiro atoms. The van der Waals surface area contributed by atoms with Gasteiger partial charge in [-0.05, 0) is 24.8 Å². The summed E-state index contributed by atoms with van der Waals surface area (Å²) in [6, 6.07) is -0.547. The van der Waals surface area contributed by atoms with Gasteiger partial charge >= 0.3 is 7.82 Å². The molecule has 3 N–H and O–H groups in total. The van der Waals surface area contributed by atoms with Crippen LogP contribution >= 0.6 is 7.82 Å². The first kappa shape index (κ1) is 22.2. The van der Waals surface area contributed by atoms with E-state index in [1.165, 1.54) is 0 Å². The number of carbonyl (C=O) groups excluding carboxylic acids is 1. The fraction of sp³-hybridized carbons (Fsp3) is 0.762. The summed E-state index contributed by atoms with van der Waals surface area (Å²) in [6.45, 7) is 2.35. The van der Waals surface area contributed by atoms with E-state index in [4.69, 9.17) is 23.0 Å². The second-order valence-electron chi connectivity index (χ2n) is 9.04. The zero-order valence-corrected chi connectivity index (χ0v) is 18.9. The summed E-state index contributed by atoms with van der Waals surface area (Å²) < 4.78 is 40.6. The molecule has 2 aliphatic carbocycles. The topological polar surface area (TPSA) is 133 Å². The van der Waals surface area contributed by atoms with Crippen molar-refractivity contribution in [3.05, 3.63) is 23.4 Å². The van der Waals surface area contributed by atoms with Crippen LogP contribution in [0.4, 0.5) is 0 Å². The Kier molecular flexibility index (Phi) is 6.01. The maximum Gasteiger partial charge on any atom is 0.475 e. The molecule has 3 unspecified atom stereocenters. The van der Waals surface area contributed by atoms with Crippen LogP contribution in [0, 0.1) is 17.8 Å². The minimum Gasteiger partial charge on any atom is -0.507 e. The molecule has 1 amide bonds. The number of carbonyl (C=O) groups is 1. The number of amides is 1. The number of nitrogens with one attached hydrogen (secondary N) is 1. The van der Waals surface area contributed by atoms with Gasteiger partial charge in [0.1, 0.15) is 18.1 Å². The lowest BCUT2D eigenvalue weighted by molar-refractivity contribution is -0.139. The third kappa shape index (κ3) is 3.76. The lowest BCUT2D eigenvalue weighted by Crippen LogP contribution is -2.65. The van der Waals surface area contributed by atoms with Crippen molar-refractivity contribution in [1.29, 1.82) is 0 Å². The van der Waals surface area contributed by atoms with Crippen LogP contribution in [-0.4, -0.2) is 53.9 Å². The molecule has 3 saturated heterocycles. The van der Waals surface area contributed by atoms with E-state index in [0.29, 0.717) is 5.76 Å². The van der Waals surface area contributed by atoms with Crippen LogP contribution < -0.4 is 5.32 Å². The number of hydrogen-bond donors (Lipinski definition) is 3. The summed E-state index contributed by atoms with van der Waals surface area (Å²) in [7, 11) is -3.85. The molecule has 11 heteroatoms. The Morgan fingerprint density at radius 1 is 1.19 bits per heavy atom. The van der Waals surface area contributed by atoms with Crippen LogP contribution in [0.2, 0.25) is 0 Å². The molecule has 10 nitrogen and oxygen atoms in total. The molecule has 32 heavy (non-hydrogen) atoms. The van der Waals surface area contributed by atoms with Crippen molar-refractivity contribution in [1.82, 2.24) is 5.32 Å². The molecule has 5 aliphatic rings. The number of aliphatic hydroxyl groups is 2. The second-order valence-corrected chi connectivity index (χ2v) is 10.6. The Hall–Kier alpha value is -1.58. The molecule has 3 aliphatic heterocycles. The Morgan fingerprint density at radius 3 is 2.78 bits per heavy atom. The number of phosphoric ester groups is 1. The van der Waals surface area contributed by atoms with Crippen LogP contribution in [0.3, 0.4) is 0 Å². The van der Waals surface area contributed by atoms with Crippen molar-refractivity contribution >= 4 is 13.7 Å². The molecular weight excluding hydrogens is 441 g/mol. The van der Waals surface area contributed by atoms with Gasteiger partial charge in [0.2, 0.25) is 18.5 Å². The summed E-state index contributed by atoms with van der Waals surface area (Å²) in [4.78, 5) is 12.9. The van der Waals surface area contributed by atoms with E-state index in [9.17, 15) is 19.6 Å². The van der Waals surface area contributed by atoms with Crippen molar-refractivity contribution in [3.8, 4) is 0 Å². The van der Waals surface area contributed by atoms with E-state index in [1.807, 2.05) is 0 Å². The van der Waals surface area contributed by atoms with E-state index in [1.54, 1.807) is 6.08 Å². The summed E-state index contributed by atoms with van der Waals surface area (Å²) >= 11 is 0. The highest BCUT2D eigenvalue weighted by Crippen LogP contribution is 2.61. The summed E-state index contributed by atoms with van der Waals surface area (Å²) in [5.41, 5.74) is 0. The third-order valence-corrected chi connectivity index (χ3v) is 8.52. The maximum atomic E-state index is 13.1. The monoisotopic (exact) mass is 471 g/mol. The number of allylic oxidation sites excluding steroid dienone is 1. The van der Waals surface area contributed by atoms with E-state index in [2.05, 4.69) is 12.2 Å². The van der Waals surface area contributed by atoms with Gasteiger partial charge < -0.3 is 25.0 Å². The predicted octanol–water partition coefficient (Wildman–Crippen LogP) is 2.65. The predicted molar refractivity (Wildman–Crippen MR) is 110 cm³/mol. The molecule has 0 aromatic carbocycles. The minimum atomic E-state index is -3.85. The van der Waals surface area contributed by atoms with Gasteiger partial charge in [-0.1, -0.05) is 32.6 Å². The molecular formula is C21H30NO9P. The van der Waals surface area contributed by atoms with Crippen LogP contribution in [-0.2, 0) is 32.4 Å². The molecule has 5 rings (SSSR count). The van der Waals surface area contributed by atoms with Gasteiger partial charge in [0.05, 0.1) is 18.8 Å². The minimum absolute atomic E-state index is 0.0242. The standard InChI is InChI=1S/C21H30NO9P/c1-2-3-4-5-6-7-29-32(26)30-18-13(23)8-12-11-9-14-19(28-10-27-14)17(24)15(11)21(25)22-16(12)20(18)31-32/h9,11-13,15-16,18,20,23-24H,2-8,10H2,1H3,(H,22,25)/t11-,12?,13-,15?,16+,18+,20-,32?/m0/s1. The Morgan fingerprint density at radius 2 is 1.97 bits per heavy atom. The quantitative estimate of drug-likeness (QED) is 0.379. The molecule has 8 atom stereocenters. The molecule has 0 aromatic rings.